The summed E-state index contributed by atoms with van der Waals surface area (Å²) >= 11 is 1.35. The number of nitrogens with one attached hydrogen (secondary N) is 1. The highest BCUT2D eigenvalue weighted by Gasteiger charge is 2.30. The number of nitrogens with zero attached hydrogens (tertiary/aromatic N) is 2. The molecule has 1 saturated heterocycles. The number of halogens is 1. The predicted octanol–water partition coefficient (Wildman–Crippen LogP) is 3.11. The van der Waals surface area contributed by atoms with E-state index >= 15 is 0 Å². The van der Waals surface area contributed by atoms with Crippen molar-refractivity contribution in [3.8, 4) is 0 Å². The molecule has 2 amide bonds. The Kier molecular flexibility index (Phi) is 5.19. The smallest absolute Gasteiger partial charge is 0.263 e. The number of amides is 2. The Labute approximate surface area is 170 Å². The van der Waals surface area contributed by atoms with Crippen LogP contribution < -0.4 is 10.9 Å². The van der Waals surface area contributed by atoms with Gasteiger partial charge < -0.3 is 0 Å². The van der Waals surface area contributed by atoms with Crippen LogP contribution in [-0.4, -0.2) is 21.4 Å². The lowest BCUT2D eigenvalue weighted by Crippen LogP contribution is -2.45. The maximum absolute atomic E-state index is 14.0. The lowest BCUT2D eigenvalue weighted by molar-refractivity contribution is -0.135. The summed E-state index contributed by atoms with van der Waals surface area (Å²) in [7, 11) is 0. The topological polar surface area (TPSA) is 81.1 Å². The lowest BCUT2D eigenvalue weighted by Gasteiger charge is -2.24. The van der Waals surface area contributed by atoms with E-state index in [4.69, 9.17) is 0 Å². The fraction of sp³-hybridized carbons (Fsp3) is 0.238. The van der Waals surface area contributed by atoms with Crippen LogP contribution in [0.15, 0.2) is 52.2 Å². The third kappa shape index (κ3) is 3.67. The number of fused-ring (bicyclic) bond motifs is 1. The van der Waals surface area contributed by atoms with Crippen molar-refractivity contribution in [3.05, 3.63) is 70.0 Å². The Balaban J connectivity index is 1.77. The second-order valence-electron chi connectivity index (χ2n) is 6.83. The van der Waals surface area contributed by atoms with Gasteiger partial charge in [-0.2, -0.15) is 0 Å². The van der Waals surface area contributed by atoms with Crippen molar-refractivity contribution in [3.63, 3.8) is 0 Å². The lowest BCUT2D eigenvalue weighted by atomic mass is 10.1. The van der Waals surface area contributed by atoms with Crippen molar-refractivity contribution in [2.75, 3.05) is 0 Å². The number of hydrogen-bond acceptors (Lipinski definition) is 5. The molecule has 1 fully saturated rings. The summed E-state index contributed by atoms with van der Waals surface area (Å²) in [6, 6.07) is 11.1. The zero-order valence-electron chi connectivity index (χ0n) is 15.6. The molecule has 6 nitrogen and oxygen atoms in total. The van der Waals surface area contributed by atoms with E-state index in [1.807, 2.05) is 0 Å². The summed E-state index contributed by atoms with van der Waals surface area (Å²) in [4.78, 5) is 42.3. The number of carbonyl (C=O) groups is 2. The second kappa shape index (κ2) is 7.79. The number of aromatic nitrogens is 2. The molecule has 1 atom stereocenters. The van der Waals surface area contributed by atoms with Crippen LogP contribution in [0.4, 0.5) is 4.39 Å². The Bertz CT molecular complexity index is 1190. The number of benzene rings is 2. The molecule has 3 aromatic rings. The summed E-state index contributed by atoms with van der Waals surface area (Å²) in [5.41, 5.74) is 0.730. The Hall–Kier alpha value is -3.00. The molecule has 29 heavy (non-hydrogen) atoms. The quantitative estimate of drug-likeness (QED) is 0.527. The zero-order valence-corrected chi connectivity index (χ0v) is 16.5. The van der Waals surface area contributed by atoms with Gasteiger partial charge in [0.2, 0.25) is 11.8 Å². The SMILES string of the molecule is Cc1nc2cccc(SCc3ccccc3F)c2c(=O)n1C1CCC(=O)NC1=O. The Morgan fingerprint density at radius 3 is 2.72 bits per heavy atom. The maximum Gasteiger partial charge on any atom is 0.263 e. The molecule has 1 aliphatic heterocycles. The summed E-state index contributed by atoms with van der Waals surface area (Å²) < 4.78 is 15.3. The molecular formula is C21H18FN3O3S. The van der Waals surface area contributed by atoms with Gasteiger partial charge >= 0.3 is 0 Å². The van der Waals surface area contributed by atoms with E-state index in [0.29, 0.717) is 32.9 Å². The number of carbonyl (C=O) groups excluding carboxylic acids is 2. The molecule has 0 bridgehead atoms. The Morgan fingerprint density at radius 2 is 1.97 bits per heavy atom. The number of hydrogen-bond donors (Lipinski definition) is 1. The Morgan fingerprint density at radius 1 is 1.17 bits per heavy atom. The third-order valence-corrected chi connectivity index (χ3v) is 6.04. The van der Waals surface area contributed by atoms with Gasteiger partial charge in [0, 0.05) is 17.1 Å². The van der Waals surface area contributed by atoms with Crippen LogP contribution in [0.1, 0.15) is 30.3 Å². The molecule has 0 radical (unpaired) electrons. The van der Waals surface area contributed by atoms with Gasteiger partial charge in [-0.25, -0.2) is 9.37 Å². The fourth-order valence-corrected chi connectivity index (χ4v) is 4.57. The van der Waals surface area contributed by atoms with Crippen molar-refractivity contribution in [1.82, 2.24) is 14.9 Å². The number of rotatable bonds is 4. The number of piperidine rings is 1. The average molecular weight is 411 g/mol. The highest BCUT2D eigenvalue weighted by atomic mass is 32.2. The van der Waals surface area contributed by atoms with E-state index < -0.39 is 11.9 Å². The first kappa shape index (κ1) is 19.3. The van der Waals surface area contributed by atoms with Crippen LogP contribution in [0.2, 0.25) is 0 Å². The van der Waals surface area contributed by atoms with Crippen LogP contribution in [0.5, 0.6) is 0 Å². The van der Waals surface area contributed by atoms with Crippen LogP contribution >= 0.6 is 11.8 Å². The van der Waals surface area contributed by atoms with E-state index in [2.05, 4.69) is 10.3 Å². The third-order valence-electron chi connectivity index (χ3n) is 4.93. The summed E-state index contributed by atoms with van der Waals surface area (Å²) in [5, 5.41) is 2.68. The largest absolute Gasteiger partial charge is 0.295 e. The first-order valence-corrected chi connectivity index (χ1v) is 10.2. The van der Waals surface area contributed by atoms with Crippen LogP contribution in [0.3, 0.4) is 0 Å². The molecule has 1 aromatic heterocycles. The molecule has 1 unspecified atom stereocenters. The molecule has 2 aromatic carbocycles. The van der Waals surface area contributed by atoms with Crippen molar-refractivity contribution >= 4 is 34.5 Å². The highest BCUT2D eigenvalue weighted by molar-refractivity contribution is 7.98. The van der Waals surface area contributed by atoms with Crippen molar-refractivity contribution in [2.45, 2.75) is 36.5 Å². The first-order chi connectivity index (χ1) is 14.0. The zero-order chi connectivity index (χ0) is 20.5. The van der Waals surface area contributed by atoms with E-state index in [9.17, 15) is 18.8 Å². The first-order valence-electron chi connectivity index (χ1n) is 9.17. The monoisotopic (exact) mass is 411 g/mol. The number of thioether (sulfide) groups is 1. The van der Waals surface area contributed by atoms with Gasteiger partial charge in [-0.15, -0.1) is 11.8 Å². The molecule has 0 saturated carbocycles. The van der Waals surface area contributed by atoms with E-state index in [0.717, 1.165) is 0 Å². The molecule has 0 aliphatic carbocycles. The maximum atomic E-state index is 14.0. The molecule has 0 spiro atoms. The van der Waals surface area contributed by atoms with Gasteiger partial charge in [0.05, 0.1) is 10.9 Å². The molecule has 148 valence electrons. The molecule has 1 N–H and O–H groups in total. The molecule has 4 rings (SSSR count). The number of imide groups is 1. The van der Waals surface area contributed by atoms with Gasteiger partial charge in [-0.3, -0.25) is 24.3 Å². The second-order valence-corrected chi connectivity index (χ2v) is 7.85. The van der Waals surface area contributed by atoms with Crippen LogP contribution in [-0.2, 0) is 15.3 Å². The molecule has 8 heteroatoms. The molecule has 1 aliphatic rings. The summed E-state index contributed by atoms with van der Waals surface area (Å²) in [6.45, 7) is 1.67. The highest BCUT2D eigenvalue weighted by Crippen LogP contribution is 2.29. The van der Waals surface area contributed by atoms with Gasteiger partial charge in [0.15, 0.2) is 0 Å². The normalized spacial score (nSPS) is 16.8. The van der Waals surface area contributed by atoms with Gasteiger partial charge in [-0.05, 0) is 37.1 Å². The van der Waals surface area contributed by atoms with E-state index in [-0.39, 0.29) is 30.1 Å². The fourth-order valence-electron chi connectivity index (χ4n) is 3.51. The van der Waals surface area contributed by atoms with Crippen molar-refractivity contribution < 1.29 is 14.0 Å². The number of aryl methyl sites for hydroxylation is 1. The minimum atomic E-state index is -0.776. The van der Waals surface area contributed by atoms with Crippen molar-refractivity contribution in [2.24, 2.45) is 0 Å². The van der Waals surface area contributed by atoms with Gasteiger partial charge in [-0.1, -0.05) is 24.3 Å². The minimum Gasteiger partial charge on any atom is -0.295 e. The van der Waals surface area contributed by atoms with Gasteiger partial charge in [0.1, 0.15) is 17.7 Å². The van der Waals surface area contributed by atoms with Crippen molar-refractivity contribution in [1.29, 1.82) is 0 Å². The summed E-state index contributed by atoms with van der Waals surface area (Å²) in [5.74, 6) is -0.364. The molecular weight excluding hydrogens is 393 g/mol. The average Bonchev–Trinajstić information content (AvgIpc) is 2.68. The predicted molar refractivity (Wildman–Crippen MR) is 108 cm³/mol. The van der Waals surface area contributed by atoms with Crippen LogP contribution in [0.25, 0.3) is 10.9 Å². The summed E-state index contributed by atoms with van der Waals surface area (Å²) in [6.07, 6.45) is 0.424. The van der Waals surface area contributed by atoms with Crippen LogP contribution in [0, 0.1) is 12.7 Å². The molecule has 2 heterocycles. The minimum absolute atomic E-state index is 0.171. The standard InChI is InChI=1S/C21H18FN3O3S/c1-12-23-15-7-4-8-17(29-11-13-5-2-3-6-14(13)22)19(15)21(28)25(12)16-9-10-18(26)24-20(16)27/h2-8,16H,9-11H2,1H3,(H,24,26,27). The van der Waals surface area contributed by atoms with E-state index in [1.165, 1.54) is 22.4 Å². The van der Waals surface area contributed by atoms with Gasteiger partial charge in [0.25, 0.3) is 5.56 Å². The van der Waals surface area contributed by atoms with E-state index in [1.54, 1.807) is 43.3 Å².